The van der Waals surface area contributed by atoms with Gasteiger partial charge in [-0.15, -0.1) is 0 Å². The molecule has 76 valence electrons. The summed E-state index contributed by atoms with van der Waals surface area (Å²) in [7, 11) is 0. The van der Waals surface area contributed by atoms with Crippen molar-refractivity contribution in [2.75, 3.05) is 5.73 Å². The number of anilines is 1. The van der Waals surface area contributed by atoms with Gasteiger partial charge in [0, 0.05) is 11.6 Å². The Morgan fingerprint density at radius 3 is 2.57 bits per heavy atom. The molecular weight excluding hydrogens is 218 g/mol. The number of aromatic nitrogens is 1. The predicted molar refractivity (Wildman–Crippen MR) is 46.6 cm³/mol. The first-order valence-electron chi connectivity index (χ1n) is 3.44. The number of hydrogen-bond acceptors (Lipinski definition) is 3. The lowest BCUT2D eigenvalue weighted by molar-refractivity contribution is 0.106. The Kier molecular flexibility index (Phi) is 2.85. The van der Waals surface area contributed by atoms with E-state index in [-0.39, 0.29) is 0 Å². The van der Waals surface area contributed by atoms with Gasteiger partial charge in [-0.2, -0.15) is 0 Å². The van der Waals surface area contributed by atoms with Crippen LogP contribution in [0.3, 0.4) is 0 Å². The lowest BCUT2D eigenvalue weighted by atomic mass is 10.1. The standard InChI is InChI=1S/C7H5ClF2N2O2/c8-5(14)4-2(6(9)10)1-3(13)12-7(4)11/h1,6H,(H3,11,12,13). The van der Waals surface area contributed by atoms with Crippen LogP contribution in [0, 0.1) is 0 Å². The molecule has 0 aliphatic carbocycles. The Hall–Kier alpha value is -1.43. The smallest absolute Gasteiger partial charge is 0.264 e. The number of carbonyl (C=O) groups excluding carboxylic acids is 1. The highest BCUT2D eigenvalue weighted by atomic mass is 35.5. The molecule has 7 heteroatoms. The number of aromatic amines is 1. The average molecular weight is 223 g/mol. The molecule has 4 nitrogen and oxygen atoms in total. The molecule has 0 spiro atoms. The Balaban J connectivity index is 3.52. The molecule has 14 heavy (non-hydrogen) atoms. The molecule has 1 rings (SSSR count). The summed E-state index contributed by atoms with van der Waals surface area (Å²) < 4.78 is 24.7. The van der Waals surface area contributed by atoms with E-state index in [1.165, 1.54) is 0 Å². The van der Waals surface area contributed by atoms with Gasteiger partial charge in [0.05, 0.1) is 5.56 Å². The molecule has 1 heterocycles. The molecule has 3 N–H and O–H groups in total. The predicted octanol–water partition coefficient (Wildman–Crippen LogP) is 1.27. The summed E-state index contributed by atoms with van der Waals surface area (Å²) in [6.45, 7) is 0. The minimum atomic E-state index is -2.97. The number of pyridine rings is 1. The second kappa shape index (κ2) is 3.75. The van der Waals surface area contributed by atoms with Crippen molar-refractivity contribution in [3.63, 3.8) is 0 Å². The van der Waals surface area contributed by atoms with E-state index in [2.05, 4.69) is 0 Å². The van der Waals surface area contributed by atoms with E-state index in [1.807, 2.05) is 4.98 Å². The van der Waals surface area contributed by atoms with Crippen LogP contribution in [0.1, 0.15) is 22.3 Å². The first-order chi connectivity index (χ1) is 6.43. The van der Waals surface area contributed by atoms with Crippen LogP contribution in [0.2, 0.25) is 0 Å². The average Bonchev–Trinajstić information content (AvgIpc) is 2.01. The van der Waals surface area contributed by atoms with Crippen LogP contribution in [0.25, 0.3) is 0 Å². The number of hydrogen-bond donors (Lipinski definition) is 2. The molecule has 0 unspecified atom stereocenters. The Bertz CT molecular complexity index is 430. The number of halogens is 3. The first kappa shape index (κ1) is 10.6. The number of nitrogens with two attached hydrogens (primary N) is 1. The van der Waals surface area contributed by atoms with Crippen LogP contribution in [-0.4, -0.2) is 10.2 Å². The third-order valence-electron chi connectivity index (χ3n) is 1.53. The Morgan fingerprint density at radius 2 is 2.14 bits per heavy atom. The number of alkyl halides is 2. The summed E-state index contributed by atoms with van der Waals surface area (Å²) >= 11 is 5.04. The minimum absolute atomic E-state index is 0.451. The van der Waals surface area contributed by atoms with Crippen LogP contribution in [-0.2, 0) is 0 Å². The van der Waals surface area contributed by atoms with Crippen LogP contribution < -0.4 is 11.3 Å². The first-order valence-corrected chi connectivity index (χ1v) is 3.82. The zero-order chi connectivity index (χ0) is 10.9. The van der Waals surface area contributed by atoms with E-state index in [9.17, 15) is 18.4 Å². The summed E-state index contributed by atoms with van der Waals surface area (Å²) in [5.74, 6) is -0.451. The Morgan fingerprint density at radius 1 is 1.57 bits per heavy atom. The van der Waals surface area contributed by atoms with Crippen molar-refractivity contribution < 1.29 is 13.6 Å². The highest BCUT2D eigenvalue weighted by Crippen LogP contribution is 2.25. The molecule has 0 bridgehead atoms. The molecular formula is C7H5ClF2N2O2. The van der Waals surface area contributed by atoms with Gasteiger partial charge in [-0.25, -0.2) is 8.78 Å². The number of H-pyrrole nitrogens is 1. The fraction of sp³-hybridized carbons (Fsp3) is 0.143. The minimum Gasteiger partial charge on any atom is -0.385 e. The molecule has 1 aromatic heterocycles. The third-order valence-corrected chi connectivity index (χ3v) is 1.72. The van der Waals surface area contributed by atoms with Crippen LogP contribution in [0.4, 0.5) is 14.6 Å². The fourth-order valence-corrected chi connectivity index (χ4v) is 1.20. The number of nitrogen functional groups attached to an aromatic ring is 1. The van der Waals surface area contributed by atoms with Gasteiger partial charge < -0.3 is 10.7 Å². The highest BCUT2D eigenvalue weighted by molar-refractivity contribution is 6.68. The van der Waals surface area contributed by atoms with Crippen LogP contribution in [0.5, 0.6) is 0 Å². The molecule has 0 aromatic carbocycles. The molecule has 0 aliphatic heterocycles. The maximum Gasteiger partial charge on any atom is 0.264 e. The summed E-state index contributed by atoms with van der Waals surface area (Å²) in [5.41, 5.74) is 3.05. The van der Waals surface area contributed by atoms with E-state index in [0.29, 0.717) is 6.07 Å². The summed E-state index contributed by atoms with van der Waals surface area (Å²) in [6.07, 6.45) is -2.97. The quantitative estimate of drug-likeness (QED) is 0.740. The van der Waals surface area contributed by atoms with E-state index in [4.69, 9.17) is 17.3 Å². The third kappa shape index (κ3) is 1.90. The molecule has 1 aromatic rings. The lowest BCUT2D eigenvalue weighted by Crippen LogP contribution is -2.15. The van der Waals surface area contributed by atoms with Gasteiger partial charge in [0.15, 0.2) is 0 Å². The van der Waals surface area contributed by atoms with Gasteiger partial charge in [0.1, 0.15) is 5.82 Å². The molecule has 0 atom stereocenters. The summed E-state index contributed by atoms with van der Waals surface area (Å²) in [6, 6.07) is 0.594. The van der Waals surface area contributed by atoms with Gasteiger partial charge in [-0.1, -0.05) is 0 Å². The maximum absolute atomic E-state index is 12.3. The van der Waals surface area contributed by atoms with Crippen molar-refractivity contribution >= 4 is 22.7 Å². The highest BCUT2D eigenvalue weighted by Gasteiger charge is 2.21. The molecule has 0 saturated carbocycles. The summed E-state index contributed by atoms with van der Waals surface area (Å²) in [5, 5.41) is -1.13. The second-order valence-corrected chi connectivity index (χ2v) is 2.80. The molecule has 0 amide bonds. The number of nitrogens with one attached hydrogen (secondary N) is 1. The number of rotatable bonds is 2. The molecule has 0 radical (unpaired) electrons. The molecule has 0 saturated heterocycles. The zero-order valence-electron chi connectivity index (χ0n) is 6.68. The van der Waals surface area contributed by atoms with Crippen LogP contribution in [0.15, 0.2) is 10.9 Å². The van der Waals surface area contributed by atoms with Crippen molar-refractivity contribution in [1.82, 2.24) is 4.98 Å². The maximum atomic E-state index is 12.3. The van der Waals surface area contributed by atoms with Crippen molar-refractivity contribution in [2.24, 2.45) is 0 Å². The fourth-order valence-electron chi connectivity index (χ4n) is 0.992. The lowest BCUT2D eigenvalue weighted by Gasteiger charge is -2.06. The van der Waals surface area contributed by atoms with E-state index in [1.54, 1.807) is 0 Å². The van der Waals surface area contributed by atoms with E-state index >= 15 is 0 Å². The van der Waals surface area contributed by atoms with Gasteiger partial charge in [-0.05, 0) is 11.6 Å². The topological polar surface area (TPSA) is 76.0 Å². The van der Waals surface area contributed by atoms with E-state index < -0.39 is 34.2 Å². The SMILES string of the molecule is Nc1[nH]c(=O)cc(C(F)F)c1C(=O)Cl. The van der Waals surface area contributed by atoms with Crippen molar-refractivity contribution in [3.05, 3.63) is 27.5 Å². The van der Waals surface area contributed by atoms with Crippen molar-refractivity contribution in [1.29, 1.82) is 0 Å². The zero-order valence-corrected chi connectivity index (χ0v) is 7.44. The largest absolute Gasteiger partial charge is 0.385 e. The monoisotopic (exact) mass is 222 g/mol. The molecule has 0 aliphatic rings. The van der Waals surface area contributed by atoms with Crippen molar-refractivity contribution in [2.45, 2.75) is 6.43 Å². The van der Waals surface area contributed by atoms with Gasteiger partial charge in [-0.3, -0.25) is 9.59 Å². The van der Waals surface area contributed by atoms with Gasteiger partial charge in [0.25, 0.3) is 11.7 Å². The van der Waals surface area contributed by atoms with E-state index in [0.717, 1.165) is 0 Å². The van der Waals surface area contributed by atoms with Gasteiger partial charge in [0.2, 0.25) is 5.56 Å². The second-order valence-electron chi connectivity index (χ2n) is 2.45. The Labute approximate surface area is 81.7 Å². The summed E-state index contributed by atoms with van der Waals surface area (Å²) in [4.78, 5) is 23.5. The van der Waals surface area contributed by atoms with Crippen LogP contribution >= 0.6 is 11.6 Å². The van der Waals surface area contributed by atoms with Crippen molar-refractivity contribution in [3.8, 4) is 0 Å². The normalized spacial score (nSPS) is 10.6. The van der Waals surface area contributed by atoms with Gasteiger partial charge >= 0.3 is 0 Å². The molecule has 0 fully saturated rings. The number of carbonyl (C=O) groups is 1.